The second kappa shape index (κ2) is 5.24. The van der Waals surface area contributed by atoms with Crippen molar-refractivity contribution in [3.63, 3.8) is 0 Å². The lowest BCUT2D eigenvalue weighted by Gasteiger charge is -2.23. The van der Waals surface area contributed by atoms with E-state index in [-0.39, 0.29) is 29.0 Å². The van der Waals surface area contributed by atoms with Gasteiger partial charge in [-0.3, -0.25) is 9.59 Å². The van der Waals surface area contributed by atoms with E-state index in [2.05, 4.69) is 0 Å². The number of amides is 2. The Morgan fingerprint density at radius 2 is 1.95 bits per heavy atom. The van der Waals surface area contributed by atoms with Crippen molar-refractivity contribution in [2.45, 2.75) is 12.5 Å². The van der Waals surface area contributed by atoms with Gasteiger partial charge in [-0.15, -0.1) is 0 Å². The first-order chi connectivity index (χ1) is 9.30. The first-order valence-corrected chi connectivity index (χ1v) is 8.00. The summed E-state index contributed by atoms with van der Waals surface area (Å²) < 4.78 is 22.9. The minimum Gasteiger partial charge on any atom is -0.366 e. The van der Waals surface area contributed by atoms with Gasteiger partial charge in [-0.1, -0.05) is 6.07 Å². The van der Waals surface area contributed by atoms with Crippen LogP contribution in [0.4, 0.5) is 0 Å². The Hall–Kier alpha value is -1.89. The second-order valence-corrected chi connectivity index (χ2v) is 7.15. The summed E-state index contributed by atoms with van der Waals surface area (Å²) >= 11 is 0. The average molecular weight is 296 g/mol. The molecule has 1 aromatic rings. The number of sulfone groups is 1. The molecule has 108 valence electrons. The molecule has 1 unspecified atom stereocenters. The zero-order valence-corrected chi connectivity index (χ0v) is 11.9. The van der Waals surface area contributed by atoms with Gasteiger partial charge in [0, 0.05) is 24.2 Å². The molecule has 0 bridgehead atoms. The monoisotopic (exact) mass is 296 g/mol. The molecule has 1 aliphatic rings. The quantitative estimate of drug-likeness (QED) is 0.851. The zero-order valence-electron chi connectivity index (χ0n) is 11.1. The van der Waals surface area contributed by atoms with E-state index in [1.54, 1.807) is 19.2 Å². The smallest absolute Gasteiger partial charge is 0.253 e. The van der Waals surface area contributed by atoms with Gasteiger partial charge in [0.1, 0.15) is 0 Å². The van der Waals surface area contributed by atoms with E-state index in [0.29, 0.717) is 12.0 Å². The van der Waals surface area contributed by atoms with Crippen LogP contribution in [0, 0.1) is 0 Å². The van der Waals surface area contributed by atoms with Crippen molar-refractivity contribution in [1.29, 1.82) is 0 Å². The molecule has 0 spiro atoms. The SMILES string of the molecule is CN(C(=O)c1cccc(C(N)=O)c1)C1CCS(=O)(=O)C1. The van der Waals surface area contributed by atoms with Gasteiger partial charge in [0.2, 0.25) is 5.91 Å². The van der Waals surface area contributed by atoms with Crippen molar-refractivity contribution in [2.24, 2.45) is 5.73 Å². The molecule has 0 radical (unpaired) electrons. The third-order valence-corrected chi connectivity index (χ3v) is 5.22. The normalized spacial score (nSPS) is 20.6. The summed E-state index contributed by atoms with van der Waals surface area (Å²) in [4.78, 5) is 24.8. The van der Waals surface area contributed by atoms with Crippen LogP contribution >= 0.6 is 0 Å². The Morgan fingerprint density at radius 1 is 1.30 bits per heavy atom. The van der Waals surface area contributed by atoms with E-state index in [9.17, 15) is 18.0 Å². The number of nitrogens with two attached hydrogens (primary N) is 1. The fourth-order valence-electron chi connectivity index (χ4n) is 2.26. The largest absolute Gasteiger partial charge is 0.366 e. The molecular weight excluding hydrogens is 280 g/mol. The number of hydrogen-bond acceptors (Lipinski definition) is 4. The van der Waals surface area contributed by atoms with Crippen LogP contribution < -0.4 is 5.73 Å². The minimum absolute atomic E-state index is 0.00918. The molecule has 1 aliphatic heterocycles. The molecule has 20 heavy (non-hydrogen) atoms. The predicted molar refractivity (Wildman–Crippen MR) is 74.1 cm³/mol. The molecule has 1 heterocycles. The summed E-state index contributed by atoms with van der Waals surface area (Å²) in [5.41, 5.74) is 5.75. The first kappa shape index (κ1) is 14.5. The van der Waals surface area contributed by atoms with Gasteiger partial charge in [-0.05, 0) is 24.6 Å². The summed E-state index contributed by atoms with van der Waals surface area (Å²) in [7, 11) is -1.47. The molecule has 1 aromatic carbocycles. The van der Waals surface area contributed by atoms with Crippen LogP contribution in [0.2, 0.25) is 0 Å². The summed E-state index contributed by atoms with van der Waals surface area (Å²) in [5, 5.41) is 0. The van der Waals surface area contributed by atoms with Crippen LogP contribution in [0.5, 0.6) is 0 Å². The number of nitrogens with zero attached hydrogens (tertiary/aromatic N) is 1. The Kier molecular flexibility index (Phi) is 3.80. The molecule has 1 fully saturated rings. The lowest BCUT2D eigenvalue weighted by atomic mass is 10.1. The van der Waals surface area contributed by atoms with Gasteiger partial charge in [-0.2, -0.15) is 0 Å². The summed E-state index contributed by atoms with van der Waals surface area (Å²) in [6.45, 7) is 0. The van der Waals surface area contributed by atoms with E-state index in [1.807, 2.05) is 0 Å². The highest BCUT2D eigenvalue weighted by Gasteiger charge is 2.33. The molecule has 2 rings (SSSR count). The second-order valence-electron chi connectivity index (χ2n) is 4.92. The number of primary amides is 1. The summed E-state index contributed by atoms with van der Waals surface area (Å²) in [6, 6.07) is 5.79. The van der Waals surface area contributed by atoms with Crippen molar-refractivity contribution >= 4 is 21.7 Å². The maximum atomic E-state index is 12.3. The molecule has 7 heteroatoms. The Bertz CT molecular complexity index is 654. The molecule has 0 saturated carbocycles. The maximum Gasteiger partial charge on any atom is 0.253 e. The predicted octanol–water partition coefficient (Wildman–Crippen LogP) is 0.0446. The van der Waals surface area contributed by atoms with E-state index < -0.39 is 15.7 Å². The van der Waals surface area contributed by atoms with Crippen molar-refractivity contribution in [3.8, 4) is 0 Å². The number of carbonyl (C=O) groups is 2. The van der Waals surface area contributed by atoms with Gasteiger partial charge in [0.25, 0.3) is 5.91 Å². The highest BCUT2D eigenvalue weighted by Crippen LogP contribution is 2.18. The molecular formula is C13H16N2O4S. The van der Waals surface area contributed by atoms with Gasteiger partial charge in [-0.25, -0.2) is 8.42 Å². The van der Waals surface area contributed by atoms with E-state index in [4.69, 9.17) is 5.73 Å². The van der Waals surface area contributed by atoms with Crippen LogP contribution in [0.3, 0.4) is 0 Å². The topological polar surface area (TPSA) is 97.5 Å². The van der Waals surface area contributed by atoms with Crippen molar-refractivity contribution in [2.75, 3.05) is 18.6 Å². The first-order valence-electron chi connectivity index (χ1n) is 6.17. The molecule has 1 atom stereocenters. The Labute approximate surface area is 117 Å². The van der Waals surface area contributed by atoms with Crippen LogP contribution in [-0.4, -0.2) is 49.7 Å². The van der Waals surface area contributed by atoms with Crippen LogP contribution in [0.25, 0.3) is 0 Å². The summed E-state index contributed by atoms with van der Waals surface area (Å²) in [5.74, 6) is -0.817. The number of hydrogen-bond donors (Lipinski definition) is 1. The molecule has 0 aliphatic carbocycles. The number of rotatable bonds is 3. The highest BCUT2D eigenvalue weighted by atomic mass is 32.2. The maximum absolute atomic E-state index is 12.3. The molecule has 2 amide bonds. The van der Waals surface area contributed by atoms with Gasteiger partial charge in [0.05, 0.1) is 11.5 Å². The fraction of sp³-hybridized carbons (Fsp3) is 0.385. The lowest BCUT2D eigenvalue weighted by molar-refractivity contribution is 0.0747. The third kappa shape index (κ3) is 2.98. The Morgan fingerprint density at radius 3 is 2.50 bits per heavy atom. The van der Waals surface area contributed by atoms with E-state index in [1.165, 1.54) is 17.0 Å². The number of benzene rings is 1. The van der Waals surface area contributed by atoms with Crippen molar-refractivity contribution in [3.05, 3.63) is 35.4 Å². The number of carbonyl (C=O) groups excluding carboxylic acids is 2. The van der Waals surface area contributed by atoms with Crippen molar-refractivity contribution in [1.82, 2.24) is 4.90 Å². The zero-order chi connectivity index (χ0) is 14.9. The van der Waals surface area contributed by atoms with Gasteiger partial charge < -0.3 is 10.6 Å². The highest BCUT2D eigenvalue weighted by molar-refractivity contribution is 7.91. The van der Waals surface area contributed by atoms with E-state index in [0.717, 1.165) is 0 Å². The van der Waals surface area contributed by atoms with Crippen molar-refractivity contribution < 1.29 is 18.0 Å². The van der Waals surface area contributed by atoms with Crippen LogP contribution in [-0.2, 0) is 9.84 Å². The Balaban J connectivity index is 2.19. The average Bonchev–Trinajstić information content (AvgIpc) is 2.77. The summed E-state index contributed by atoms with van der Waals surface area (Å²) in [6.07, 6.45) is 0.445. The molecule has 1 saturated heterocycles. The lowest BCUT2D eigenvalue weighted by Crippen LogP contribution is -2.37. The van der Waals surface area contributed by atoms with Gasteiger partial charge in [0.15, 0.2) is 9.84 Å². The molecule has 2 N–H and O–H groups in total. The van der Waals surface area contributed by atoms with Gasteiger partial charge >= 0.3 is 0 Å². The standard InChI is InChI=1S/C13H16N2O4S/c1-15(11-5-6-20(18,19)8-11)13(17)10-4-2-3-9(7-10)12(14)16/h2-4,7,11H,5-6,8H2,1H3,(H2,14,16). The molecule has 6 nitrogen and oxygen atoms in total. The van der Waals surface area contributed by atoms with E-state index >= 15 is 0 Å². The fourth-order valence-corrected chi connectivity index (χ4v) is 4.03. The van der Waals surface area contributed by atoms with Crippen LogP contribution in [0.1, 0.15) is 27.1 Å². The minimum atomic E-state index is -3.05. The van der Waals surface area contributed by atoms with Crippen LogP contribution in [0.15, 0.2) is 24.3 Å². The third-order valence-electron chi connectivity index (χ3n) is 3.47. The molecule has 0 aromatic heterocycles.